The fourth-order valence-electron chi connectivity index (χ4n) is 1.67. The van der Waals surface area contributed by atoms with Crippen molar-refractivity contribution in [3.05, 3.63) is 54.6 Å². The van der Waals surface area contributed by atoms with Crippen molar-refractivity contribution in [1.82, 2.24) is 5.32 Å². The van der Waals surface area contributed by atoms with E-state index >= 15 is 0 Å². The third kappa shape index (κ3) is 3.31. The molecule has 0 fully saturated rings. The summed E-state index contributed by atoms with van der Waals surface area (Å²) in [6.45, 7) is 6.48. The minimum Gasteiger partial charge on any atom is -0.359 e. The van der Waals surface area contributed by atoms with Crippen LogP contribution < -0.4 is 10.6 Å². The normalized spacial score (nSPS) is 10.1. The summed E-state index contributed by atoms with van der Waals surface area (Å²) >= 11 is 5.21. The van der Waals surface area contributed by atoms with Crippen LogP contribution in [0.5, 0.6) is 0 Å². The van der Waals surface area contributed by atoms with Crippen molar-refractivity contribution >= 4 is 33.8 Å². The van der Waals surface area contributed by atoms with Crippen LogP contribution in [0.3, 0.4) is 0 Å². The molecule has 2 aromatic rings. The van der Waals surface area contributed by atoms with Gasteiger partial charge in [0.2, 0.25) is 0 Å². The zero-order valence-electron chi connectivity index (χ0n) is 10.4. The minimum absolute atomic E-state index is 0.619. The van der Waals surface area contributed by atoms with E-state index in [1.54, 1.807) is 0 Å². The molecule has 0 bridgehead atoms. The third-order valence-electron chi connectivity index (χ3n) is 2.56. The first-order valence-electron chi connectivity index (χ1n) is 5.83. The number of hydrogen-bond donors (Lipinski definition) is 2. The molecule has 2 aromatic carbocycles. The summed E-state index contributed by atoms with van der Waals surface area (Å²) in [5.41, 5.74) is 2.05. The topological polar surface area (TPSA) is 24.1 Å². The number of benzene rings is 2. The minimum atomic E-state index is 0.619. The average Bonchev–Trinajstić information content (AvgIpc) is 2.36. The average molecular weight is 256 g/mol. The largest absolute Gasteiger partial charge is 0.359 e. The summed E-state index contributed by atoms with van der Waals surface area (Å²) in [5, 5.41) is 9.31. The first kappa shape index (κ1) is 12.6. The molecular formula is C15H16N2S. The van der Waals surface area contributed by atoms with Crippen LogP contribution in [0.25, 0.3) is 10.8 Å². The molecule has 0 amide bonds. The Hall–Kier alpha value is -1.87. The first-order valence-corrected chi connectivity index (χ1v) is 6.24. The number of nitrogens with one attached hydrogen (secondary N) is 2. The number of hydrogen-bond acceptors (Lipinski definition) is 1. The molecule has 3 heteroatoms. The van der Waals surface area contributed by atoms with Crippen LogP contribution in [0.1, 0.15) is 6.92 Å². The predicted molar refractivity (Wildman–Crippen MR) is 83.0 cm³/mol. The van der Waals surface area contributed by atoms with Gasteiger partial charge in [-0.1, -0.05) is 42.5 Å². The van der Waals surface area contributed by atoms with Crippen molar-refractivity contribution in [3.63, 3.8) is 0 Å². The SMILES string of the molecule is C=C(C)CNC(=S)Nc1ccc2ccccc2c1. The van der Waals surface area contributed by atoms with Crippen LogP contribution in [0.2, 0.25) is 0 Å². The highest BCUT2D eigenvalue weighted by molar-refractivity contribution is 7.80. The van der Waals surface area contributed by atoms with Crippen molar-refractivity contribution in [2.24, 2.45) is 0 Å². The highest BCUT2D eigenvalue weighted by Crippen LogP contribution is 2.18. The molecule has 2 rings (SSSR count). The lowest BCUT2D eigenvalue weighted by Gasteiger charge is -2.11. The van der Waals surface area contributed by atoms with Crippen LogP contribution in [0.4, 0.5) is 5.69 Å². The fraction of sp³-hybridized carbons (Fsp3) is 0.133. The van der Waals surface area contributed by atoms with Gasteiger partial charge in [0.05, 0.1) is 0 Å². The zero-order valence-corrected chi connectivity index (χ0v) is 11.2. The van der Waals surface area contributed by atoms with E-state index in [1.807, 2.05) is 25.1 Å². The summed E-state index contributed by atoms with van der Waals surface area (Å²) in [5.74, 6) is 0. The number of rotatable bonds is 3. The maximum absolute atomic E-state index is 5.21. The molecule has 92 valence electrons. The van der Waals surface area contributed by atoms with Crippen molar-refractivity contribution in [3.8, 4) is 0 Å². The molecule has 2 nitrogen and oxygen atoms in total. The smallest absolute Gasteiger partial charge is 0.171 e. The summed E-state index contributed by atoms with van der Waals surface area (Å²) in [6, 6.07) is 14.4. The van der Waals surface area contributed by atoms with Crippen LogP contribution in [0, 0.1) is 0 Å². The van der Waals surface area contributed by atoms with Gasteiger partial charge in [-0.05, 0) is 42.0 Å². The lowest BCUT2D eigenvalue weighted by atomic mass is 10.1. The van der Waals surface area contributed by atoms with Crippen LogP contribution in [-0.2, 0) is 0 Å². The van der Waals surface area contributed by atoms with Crippen molar-refractivity contribution in [1.29, 1.82) is 0 Å². The van der Waals surface area contributed by atoms with E-state index in [-0.39, 0.29) is 0 Å². The van der Waals surface area contributed by atoms with Crippen molar-refractivity contribution in [2.45, 2.75) is 6.92 Å². The molecule has 0 heterocycles. The summed E-state index contributed by atoms with van der Waals surface area (Å²) in [4.78, 5) is 0. The summed E-state index contributed by atoms with van der Waals surface area (Å²) in [6.07, 6.45) is 0. The summed E-state index contributed by atoms with van der Waals surface area (Å²) < 4.78 is 0. The fourth-order valence-corrected chi connectivity index (χ4v) is 1.86. The van der Waals surface area contributed by atoms with Gasteiger partial charge in [-0.2, -0.15) is 0 Å². The van der Waals surface area contributed by atoms with Gasteiger partial charge < -0.3 is 10.6 Å². The lowest BCUT2D eigenvalue weighted by Crippen LogP contribution is -2.29. The van der Waals surface area contributed by atoms with Gasteiger partial charge >= 0.3 is 0 Å². The van der Waals surface area contributed by atoms with E-state index < -0.39 is 0 Å². The molecule has 0 saturated heterocycles. The van der Waals surface area contributed by atoms with E-state index in [0.29, 0.717) is 11.7 Å². The molecular weight excluding hydrogens is 240 g/mol. The predicted octanol–water partition coefficient (Wildman–Crippen LogP) is 3.70. The number of anilines is 1. The van der Waals surface area contributed by atoms with E-state index in [9.17, 15) is 0 Å². The Labute approximate surface area is 113 Å². The lowest BCUT2D eigenvalue weighted by molar-refractivity contribution is 1.000. The standard InChI is InChI=1S/C15H16N2S/c1-11(2)10-16-15(18)17-14-8-7-12-5-3-4-6-13(12)9-14/h3-9H,1,10H2,2H3,(H2,16,17,18). The molecule has 0 spiro atoms. The van der Waals surface area contributed by atoms with Crippen LogP contribution in [0.15, 0.2) is 54.6 Å². The quantitative estimate of drug-likeness (QED) is 0.647. The molecule has 0 aliphatic carbocycles. The molecule has 2 N–H and O–H groups in total. The Kier molecular flexibility index (Phi) is 3.95. The van der Waals surface area contributed by atoms with Crippen LogP contribution >= 0.6 is 12.2 Å². The highest BCUT2D eigenvalue weighted by atomic mass is 32.1. The van der Waals surface area contributed by atoms with Crippen molar-refractivity contribution in [2.75, 3.05) is 11.9 Å². The second-order valence-electron chi connectivity index (χ2n) is 4.33. The molecule has 0 unspecified atom stereocenters. The Morgan fingerprint density at radius 2 is 1.89 bits per heavy atom. The zero-order chi connectivity index (χ0) is 13.0. The van der Waals surface area contributed by atoms with E-state index in [1.165, 1.54) is 10.8 Å². The van der Waals surface area contributed by atoms with Gasteiger partial charge in [-0.3, -0.25) is 0 Å². The Bertz CT molecular complexity index is 590. The van der Waals surface area contributed by atoms with Gasteiger partial charge in [0.15, 0.2) is 5.11 Å². The number of thiocarbonyl (C=S) groups is 1. The third-order valence-corrected chi connectivity index (χ3v) is 2.80. The second kappa shape index (κ2) is 5.65. The monoisotopic (exact) mass is 256 g/mol. The highest BCUT2D eigenvalue weighted by Gasteiger charge is 1.98. The van der Waals surface area contributed by atoms with Gasteiger partial charge in [-0.15, -0.1) is 0 Å². The van der Waals surface area contributed by atoms with Gasteiger partial charge in [0, 0.05) is 12.2 Å². The Balaban J connectivity index is 2.07. The Morgan fingerprint density at radius 3 is 2.61 bits per heavy atom. The van der Waals surface area contributed by atoms with E-state index in [4.69, 9.17) is 12.2 Å². The van der Waals surface area contributed by atoms with Crippen molar-refractivity contribution < 1.29 is 0 Å². The Morgan fingerprint density at radius 1 is 1.17 bits per heavy atom. The molecule has 0 atom stereocenters. The molecule has 18 heavy (non-hydrogen) atoms. The maximum Gasteiger partial charge on any atom is 0.171 e. The van der Waals surface area contributed by atoms with Gasteiger partial charge in [0.1, 0.15) is 0 Å². The summed E-state index contributed by atoms with van der Waals surface area (Å²) in [7, 11) is 0. The molecule has 0 aromatic heterocycles. The second-order valence-corrected chi connectivity index (χ2v) is 4.73. The van der Waals surface area contributed by atoms with E-state index in [2.05, 4.69) is 41.5 Å². The maximum atomic E-state index is 5.21. The molecule has 0 aliphatic rings. The first-order chi connectivity index (χ1) is 8.65. The van der Waals surface area contributed by atoms with Crippen LogP contribution in [-0.4, -0.2) is 11.7 Å². The number of fused-ring (bicyclic) bond motifs is 1. The van der Waals surface area contributed by atoms with Gasteiger partial charge in [-0.25, -0.2) is 0 Å². The molecule has 0 aliphatic heterocycles. The molecule has 0 radical (unpaired) electrons. The van der Waals surface area contributed by atoms with Gasteiger partial charge in [0.25, 0.3) is 0 Å². The van der Waals surface area contributed by atoms with E-state index in [0.717, 1.165) is 11.3 Å². The molecule has 0 saturated carbocycles.